The van der Waals surface area contributed by atoms with Gasteiger partial charge in [0, 0.05) is 28.8 Å². The summed E-state index contributed by atoms with van der Waals surface area (Å²) < 4.78 is 5.32. The third-order valence-electron chi connectivity index (χ3n) is 4.19. The second kappa shape index (κ2) is 5.68. The highest BCUT2D eigenvalue weighted by Crippen LogP contribution is 2.32. The molecule has 3 rings (SSSR count). The minimum atomic E-state index is 0.0387. The maximum Gasteiger partial charge on any atom is 0.166 e. The van der Waals surface area contributed by atoms with Crippen LogP contribution in [0.25, 0.3) is 11.0 Å². The van der Waals surface area contributed by atoms with Gasteiger partial charge in [0.05, 0.1) is 6.26 Å². The molecule has 1 heterocycles. The Morgan fingerprint density at radius 1 is 1.38 bits per heavy atom. The SMILES string of the molecule is CC=NC1=C(C)CCC(C(=O)c2ccc3occc3c2)C1. The predicted molar refractivity (Wildman–Crippen MR) is 84.8 cm³/mol. The van der Waals surface area contributed by atoms with Crippen molar-refractivity contribution in [2.75, 3.05) is 0 Å². The summed E-state index contributed by atoms with van der Waals surface area (Å²) in [5.74, 6) is 0.256. The zero-order valence-electron chi connectivity index (χ0n) is 12.4. The average molecular weight is 281 g/mol. The fraction of sp³-hybridized carbons (Fsp3) is 0.333. The first-order valence-corrected chi connectivity index (χ1v) is 7.38. The molecule has 1 aromatic heterocycles. The standard InChI is InChI=1S/C18H19NO2/c1-3-19-16-11-15(5-4-12(16)2)18(20)14-6-7-17-13(10-14)8-9-21-17/h3,6-10,15H,4-5,11H2,1-2H3. The topological polar surface area (TPSA) is 42.6 Å². The van der Waals surface area contributed by atoms with Gasteiger partial charge in [-0.1, -0.05) is 5.57 Å². The Hall–Kier alpha value is -2.16. The molecule has 1 unspecified atom stereocenters. The molecular formula is C18H19NO2. The van der Waals surface area contributed by atoms with Crippen molar-refractivity contribution in [3.63, 3.8) is 0 Å². The zero-order valence-corrected chi connectivity index (χ0v) is 12.4. The molecule has 2 aromatic rings. The summed E-state index contributed by atoms with van der Waals surface area (Å²) in [4.78, 5) is 17.1. The lowest BCUT2D eigenvalue weighted by atomic mass is 9.83. The van der Waals surface area contributed by atoms with E-state index in [0.717, 1.165) is 41.5 Å². The van der Waals surface area contributed by atoms with Gasteiger partial charge >= 0.3 is 0 Å². The average Bonchev–Trinajstić information content (AvgIpc) is 2.96. The summed E-state index contributed by atoms with van der Waals surface area (Å²) >= 11 is 0. The van der Waals surface area contributed by atoms with E-state index in [4.69, 9.17) is 4.42 Å². The van der Waals surface area contributed by atoms with Crippen LogP contribution in [-0.4, -0.2) is 12.0 Å². The van der Waals surface area contributed by atoms with Gasteiger partial charge in [0.1, 0.15) is 5.58 Å². The van der Waals surface area contributed by atoms with Crippen molar-refractivity contribution in [2.24, 2.45) is 10.9 Å². The molecule has 0 saturated heterocycles. The van der Waals surface area contributed by atoms with E-state index in [1.807, 2.05) is 37.4 Å². The molecule has 1 aromatic carbocycles. The van der Waals surface area contributed by atoms with Crippen LogP contribution in [0.1, 0.15) is 43.5 Å². The second-order valence-electron chi connectivity index (χ2n) is 5.59. The van der Waals surface area contributed by atoms with Gasteiger partial charge in [-0.05, 0) is 57.4 Å². The number of hydrogen-bond acceptors (Lipinski definition) is 3. The lowest BCUT2D eigenvalue weighted by molar-refractivity contribution is 0.0908. The van der Waals surface area contributed by atoms with Crippen LogP contribution in [0, 0.1) is 5.92 Å². The highest BCUT2D eigenvalue weighted by atomic mass is 16.3. The molecule has 0 N–H and O–H groups in total. The van der Waals surface area contributed by atoms with Crippen molar-refractivity contribution in [1.82, 2.24) is 0 Å². The van der Waals surface area contributed by atoms with E-state index in [0.29, 0.717) is 0 Å². The van der Waals surface area contributed by atoms with Gasteiger partial charge in [-0.25, -0.2) is 0 Å². The number of aliphatic imine (C=N–C) groups is 1. The van der Waals surface area contributed by atoms with Gasteiger partial charge in [-0.3, -0.25) is 9.79 Å². The minimum Gasteiger partial charge on any atom is -0.464 e. The van der Waals surface area contributed by atoms with Crippen molar-refractivity contribution in [3.8, 4) is 0 Å². The van der Waals surface area contributed by atoms with Crippen LogP contribution < -0.4 is 0 Å². The van der Waals surface area contributed by atoms with Crippen molar-refractivity contribution in [1.29, 1.82) is 0 Å². The van der Waals surface area contributed by atoms with E-state index in [2.05, 4.69) is 11.9 Å². The first-order chi connectivity index (χ1) is 10.2. The van der Waals surface area contributed by atoms with Crippen molar-refractivity contribution in [2.45, 2.75) is 33.1 Å². The Balaban J connectivity index is 1.85. The van der Waals surface area contributed by atoms with Gasteiger partial charge < -0.3 is 4.42 Å². The summed E-state index contributed by atoms with van der Waals surface area (Å²) in [6.07, 6.45) is 6.08. The normalized spacial score (nSPS) is 19.6. The molecule has 1 aliphatic rings. The molecule has 0 fully saturated rings. The third-order valence-corrected chi connectivity index (χ3v) is 4.19. The molecule has 1 aliphatic carbocycles. The number of hydrogen-bond donors (Lipinski definition) is 0. The van der Waals surface area contributed by atoms with Crippen molar-refractivity contribution < 1.29 is 9.21 Å². The molecule has 0 radical (unpaired) electrons. The number of fused-ring (bicyclic) bond motifs is 1. The van der Waals surface area contributed by atoms with E-state index in [9.17, 15) is 4.79 Å². The fourth-order valence-corrected chi connectivity index (χ4v) is 2.94. The first-order valence-electron chi connectivity index (χ1n) is 7.38. The largest absolute Gasteiger partial charge is 0.464 e. The molecule has 0 aliphatic heterocycles. The molecule has 108 valence electrons. The Kier molecular flexibility index (Phi) is 3.74. The zero-order chi connectivity index (χ0) is 14.8. The van der Waals surface area contributed by atoms with E-state index < -0.39 is 0 Å². The number of ketones is 1. The van der Waals surface area contributed by atoms with Crippen molar-refractivity contribution in [3.05, 3.63) is 47.4 Å². The Bertz CT molecular complexity index is 737. The molecule has 3 nitrogen and oxygen atoms in total. The molecule has 0 spiro atoms. The summed E-state index contributed by atoms with van der Waals surface area (Å²) in [6.45, 7) is 4.03. The molecule has 3 heteroatoms. The third kappa shape index (κ3) is 2.68. The van der Waals surface area contributed by atoms with E-state index in [-0.39, 0.29) is 11.7 Å². The number of allylic oxidation sites excluding steroid dienone is 2. The number of benzene rings is 1. The lowest BCUT2D eigenvalue weighted by Gasteiger charge is -2.23. The minimum absolute atomic E-state index is 0.0387. The second-order valence-corrected chi connectivity index (χ2v) is 5.59. The highest BCUT2D eigenvalue weighted by molar-refractivity contribution is 6.00. The first kappa shape index (κ1) is 13.8. The van der Waals surface area contributed by atoms with Crippen LogP contribution in [-0.2, 0) is 0 Å². The van der Waals surface area contributed by atoms with Crippen LogP contribution >= 0.6 is 0 Å². The summed E-state index contributed by atoms with van der Waals surface area (Å²) in [6, 6.07) is 7.55. The van der Waals surface area contributed by atoms with E-state index in [1.165, 1.54) is 5.57 Å². The van der Waals surface area contributed by atoms with Gasteiger partial charge in [0.25, 0.3) is 0 Å². The van der Waals surface area contributed by atoms with Gasteiger partial charge in [-0.15, -0.1) is 0 Å². The number of rotatable bonds is 3. The van der Waals surface area contributed by atoms with Crippen molar-refractivity contribution >= 4 is 23.0 Å². The Morgan fingerprint density at radius 2 is 2.24 bits per heavy atom. The highest BCUT2D eigenvalue weighted by Gasteiger charge is 2.25. The molecule has 0 saturated carbocycles. The van der Waals surface area contributed by atoms with Crippen LogP contribution in [0.5, 0.6) is 0 Å². The molecular weight excluding hydrogens is 262 g/mol. The number of Topliss-reactive ketones (excluding diaryl/α,β-unsaturated/α-hetero) is 1. The van der Waals surface area contributed by atoms with E-state index >= 15 is 0 Å². The maximum atomic E-state index is 12.7. The predicted octanol–water partition coefficient (Wildman–Crippen LogP) is 4.78. The van der Waals surface area contributed by atoms with E-state index in [1.54, 1.807) is 6.26 Å². The smallest absolute Gasteiger partial charge is 0.166 e. The number of carbonyl (C=O) groups excluding carboxylic acids is 1. The molecule has 1 atom stereocenters. The Labute approximate surface area is 124 Å². The quantitative estimate of drug-likeness (QED) is 0.600. The Morgan fingerprint density at radius 3 is 3.05 bits per heavy atom. The summed E-state index contributed by atoms with van der Waals surface area (Å²) in [5.41, 5.74) is 3.98. The van der Waals surface area contributed by atoms with Crippen LogP contribution in [0.4, 0.5) is 0 Å². The number of furan rings is 1. The van der Waals surface area contributed by atoms with Crippen LogP contribution in [0.2, 0.25) is 0 Å². The molecule has 21 heavy (non-hydrogen) atoms. The van der Waals surface area contributed by atoms with Gasteiger partial charge in [0.2, 0.25) is 0 Å². The number of nitrogens with zero attached hydrogens (tertiary/aromatic N) is 1. The van der Waals surface area contributed by atoms with Gasteiger partial charge in [0.15, 0.2) is 5.78 Å². The summed E-state index contributed by atoms with van der Waals surface area (Å²) in [7, 11) is 0. The monoisotopic (exact) mass is 281 g/mol. The lowest BCUT2D eigenvalue weighted by Crippen LogP contribution is -2.19. The summed E-state index contributed by atoms with van der Waals surface area (Å²) in [5, 5.41) is 0.982. The molecule has 0 bridgehead atoms. The van der Waals surface area contributed by atoms with Crippen LogP contribution in [0.3, 0.4) is 0 Å². The van der Waals surface area contributed by atoms with Crippen LogP contribution in [0.15, 0.2) is 51.2 Å². The van der Waals surface area contributed by atoms with Gasteiger partial charge in [-0.2, -0.15) is 0 Å². The molecule has 0 amide bonds. The maximum absolute atomic E-state index is 12.7. The fourth-order valence-electron chi connectivity index (χ4n) is 2.94. The number of carbonyl (C=O) groups is 1.